The zero-order valence-corrected chi connectivity index (χ0v) is 14.3. The van der Waals surface area contributed by atoms with E-state index in [1.807, 2.05) is 17.0 Å². The van der Waals surface area contributed by atoms with Gasteiger partial charge in [-0.05, 0) is 31.0 Å². The van der Waals surface area contributed by atoms with E-state index in [-0.39, 0.29) is 31.0 Å². The summed E-state index contributed by atoms with van der Waals surface area (Å²) < 4.78 is 5.48. The summed E-state index contributed by atoms with van der Waals surface area (Å²) in [5, 5.41) is 3.50. The molecule has 2 heterocycles. The van der Waals surface area contributed by atoms with Crippen molar-refractivity contribution < 1.29 is 14.3 Å². The van der Waals surface area contributed by atoms with Crippen molar-refractivity contribution in [3.8, 4) is 0 Å². The Morgan fingerprint density at radius 3 is 2.96 bits per heavy atom. The molecule has 2 fully saturated rings. The predicted octanol–water partition coefficient (Wildman–Crippen LogP) is 1.28. The molecule has 0 saturated carbocycles. The van der Waals surface area contributed by atoms with Crippen LogP contribution in [0.25, 0.3) is 0 Å². The first kappa shape index (κ1) is 17.2. The van der Waals surface area contributed by atoms with Gasteiger partial charge in [0.15, 0.2) is 0 Å². The van der Waals surface area contributed by atoms with Crippen LogP contribution in [0, 0.1) is 0 Å². The Labute approximate surface area is 146 Å². The number of amides is 2. The largest absolute Gasteiger partial charge is 0.376 e. The summed E-state index contributed by atoms with van der Waals surface area (Å²) in [5.74, 6) is -0.0788. The number of hydrogen-bond acceptors (Lipinski definition) is 4. The Balaban J connectivity index is 1.46. The number of ether oxygens (including phenoxy) is 1. The molecule has 1 aromatic carbocycles. The smallest absolute Gasteiger partial charge is 0.241 e. The highest BCUT2D eigenvalue weighted by Crippen LogP contribution is 2.21. The van der Waals surface area contributed by atoms with E-state index in [1.54, 1.807) is 17.0 Å². The van der Waals surface area contributed by atoms with E-state index in [0.29, 0.717) is 24.7 Å². The molecule has 0 aliphatic carbocycles. The van der Waals surface area contributed by atoms with Gasteiger partial charge in [0, 0.05) is 37.0 Å². The summed E-state index contributed by atoms with van der Waals surface area (Å²) >= 11 is 5.99. The number of hydrogen-bond donors (Lipinski definition) is 1. The van der Waals surface area contributed by atoms with Crippen LogP contribution in [-0.2, 0) is 14.3 Å². The predicted molar refractivity (Wildman–Crippen MR) is 92.2 cm³/mol. The fourth-order valence-electron chi connectivity index (χ4n) is 3.07. The molecule has 1 atom stereocenters. The molecule has 1 N–H and O–H groups in total. The van der Waals surface area contributed by atoms with E-state index in [4.69, 9.17) is 16.3 Å². The summed E-state index contributed by atoms with van der Waals surface area (Å²) in [6, 6.07) is 7.26. The maximum atomic E-state index is 12.4. The number of halogens is 1. The van der Waals surface area contributed by atoms with Crippen LogP contribution in [0.4, 0.5) is 5.69 Å². The summed E-state index contributed by atoms with van der Waals surface area (Å²) in [6.07, 6.45) is 2.19. The number of anilines is 1. The minimum absolute atomic E-state index is 0.0181. The molecular formula is C17H22ClN3O3. The maximum Gasteiger partial charge on any atom is 0.241 e. The number of benzene rings is 1. The third-order valence-electron chi connectivity index (χ3n) is 4.34. The van der Waals surface area contributed by atoms with Gasteiger partial charge < -0.3 is 15.0 Å². The lowest BCUT2D eigenvalue weighted by Crippen LogP contribution is -2.53. The van der Waals surface area contributed by atoms with Crippen molar-refractivity contribution in [1.82, 2.24) is 10.2 Å². The molecule has 130 valence electrons. The van der Waals surface area contributed by atoms with Gasteiger partial charge in [0.05, 0.1) is 19.2 Å². The molecule has 2 amide bonds. The van der Waals surface area contributed by atoms with Crippen LogP contribution < -0.4 is 10.2 Å². The molecule has 2 aliphatic heterocycles. The molecule has 24 heavy (non-hydrogen) atoms. The van der Waals surface area contributed by atoms with Gasteiger partial charge in [0.25, 0.3) is 0 Å². The number of rotatable bonds is 5. The lowest BCUT2D eigenvalue weighted by atomic mass is 10.2. The lowest BCUT2D eigenvalue weighted by Gasteiger charge is -2.34. The molecule has 0 bridgehead atoms. The molecule has 0 radical (unpaired) electrons. The van der Waals surface area contributed by atoms with Crippen LogP contribution >= 0.6 is 11.6 Å². The maximum absolute atomic E-state index is 12.4. The van der Waals surface area contributed by atoms with E-state index in [9.17, 15) is 9.59 Å². The standard InChI is InChI=1S/C17H22ClN3O3/c18-13-3-1-4-14(9-13)21-7-6-20(12-17(21)23)11-16(22)19-10-15-5-2-8-24-15/h1,3-4,9,15H,2,5-8,10-12H2,(H,19,22)/t15-/m0/s1. The minimum Gasteiger partial charge on any atom is -0.376 e. The van der Waals surface area contributed by atoms with Gasteiger partial charge in [0.2, 0.25) is 11.8 Å². The van der Waals surface area contributed by atoms with E-state index in [2.05, 4.69) is 5.32 Å². The Morgan fingerprint density at radius 1 is 1.38 bits per heavy atom. The van der Waals surface area contributed by atoms with Crippen molar-refractivity contribution in [3.05, 3.63) is 29.3 Å². The monoisotopic (exact) mass is 351 g/mol. The normalized spacial score (nSPS) is 22.0. The summed E-state index contributed by atoms with van der Waals surface area (Å²) in [6.45, 7) is 3.02. The quantitative estimate of drug-likeness (QED) is 0.868. The Bertz CT molecular complexity index is 604. The van der Waals surface area contributed by atoms with Crippen molar-refractivity contribution >= 4 is 29.1 Å². The van der Waals surface area contributed by atoms with Crippen LogP contribution in [0.3, 0.4) is 0 Å². The molecule has 2 aliphatic rings. The highest BCUT2D eigenvalue weighted by molar-refractivity contribution is 6.30. The second-order valence-corrected chi connectivity index (χ2v) is 6.61. The van der Waals surface area contributed by atoms with Crippen molar-refractivity contribution in [2.24, 2.45) is 0 Å². The molecule has 0 unspecified atom stereocenters. The molecule has 6 nitrogen and oxygen atoms in total. The average Bonchev–Trinajstić information content (AvgIpc) is 3.06. The molecule has 2 saturated heterocycles. The summed E-state index contributed by atoms with van der Waals surface area (Å²) in [4.78, 5) is 28.0. The number of nitrogens with one attached hydrogen (secondary N) is 1. The Hall–Kier alpha value is -1.63. The second kappa shape index (κ2) is 7.96. The van der Waals surface area contributed by atoms with E-state index < -0.39 is 0 Å². The molecule has 1 aromatic rings. The third kappa shape index (κ3) is 4.47. The van der Waals surface area contributed by atoms with E-state index in [0.717, 1.165) is 25.1 Å². The summed E-state index contributed by atoms with van der Waals surface area (Å²) in [5.41, 5.74) is 0.801. The minimum atomic E-state index is -0.0606. The fourth-order valence-corrected chi connectivity index (χ4v) is 3.25. The topological polar surface area (TPSA) is 61.9 Å². The fraction of sp³-hybridized carbons (Fsp3) is 0.529. The highest BCUT2D eigenvalue weighted by Gasteiger charge is 2.26. The molecule has 3 rings (SSSR count). The van der Waals surface area contributed by atoms with Crippen LogP contribution in [-0.4, -0.2) is 62.1 Å². The highest BCUT2D eigenvalue weighted by atomic mass is 35.5. The van der Waals surface area contributed by atoms with Crippen molar-refractivity contribution in [3.63, 3.8) is 0 Å². The van der Waals surface area contributed by atoms with Crippen molar-refractivity contribution in [1.29, 1.82) is 0 Å². The molecule has 0 aromatic heterocycles. The Morgan fingerprint density at radius 2 is 2.25 bits per heavy atom. The third-order valence-corrected chi connectivity index (χ3v) is 4.57. The van der Waals surface area contributed by atoms with Gasteiger partial charge in [-0.1, -0.05) is 17.7 Å². The number of carbonyl (C=O) groups is 2. The van der Waals surface area contributed by atoms with E-state index >= 15 is 0 Å². The first-order valence-corrected chi connectivity index (χ1v) is 8.66. The van der Waals surface area contributed by atoms with Crippen LogP contribution in [0.15, 0.2) is 24.3 Å². The van der Waals surface area contributed by atoms with Crippen molar-refractivity contribution in [2.45, 2.75) is 18.9 Å². The number of carbonyl (C=O) groups excluding carboxylic acids is 2. The van der Waals surface area contributed by atoms with Crippen molar-refractivity contribution in [2.75, 3.05) is 44.2 Å². The van der Waals surface area contributed by atoms with Crippen LogP contribution in [0.1, 0.15) is 12.8 Å². The molecule has 0 spiro atoms. The second-order valence-electron chi connectivity index (χ2n) is 6.18. The van der Waals surface area contributed by atoms with Crippen LogP contribution in [0.2, 0.25) is 5.02 Å². The average molecular weight is 352 g/mol. The molecule has 7 heteroatoms. The van der Waals surface area contributed by atoms with Gasteiger partial charge >= 0.3 is 0 Å². The first-order chi connectivity index (χ1) is 11.6. The van der Waals surface area contributed by atoms with Gasteiger partial charge in [-0.2, -0.15) is 0 Å². The number of nitrogens with zero attached hydrogens (tertiary/aromatic N) is 2. The summed E-state index contributed by atoms with van der Waals surface area (Å²) in [7, 11) is 0. The SMILES string of the molecule is O=C(CN1CCN(c2cccc(Cl)c2)C(=O)C1)NC[C@@H]1CCCO1. The lowest BCUT2D eigenvalue weighted by molar-refractivity contribution is -0.125. The van der Waals surface area contributed by atoms with Gasteiger partial charge in [-0.25, -0.2) is 0 Å². The van der Waals surface area contributed by atoms with Gasteiger partial charge in [0.1, 0.15) is 0 Å². The first-order valence-electron chi connectivity index (χ1n) is 8.28. The zero-order chi connectivity index (χ0) is 16.9. The van der Waals surface area contributed by atoms with Gasteiger partial charge in [-0.15, -0.1) is 0 Å². The molecular weight excluding hydrogens is 330 g/mol. The Kier molecular flexibility index (Phi) is 5.71. The zero-order valence-electron chi connectivity index (χ0n) is 13.5. The van der Waals surface area contributed by atoms with Crippen LogP contribution in [0.5, 0.6) is 0 Å². The van der Waals surface area contributed by atoms with Gasteiger partial charge in [-0.3, -0.25) is 14.5 Å². The van der Waals surface area contributed by atoms with E-state index in [1.165, 1.54) is 0 Å². The number of piperazine rings is 1.